The van der Waals surface area contributed by atoms with Crippen LogP contribution in [0.2, 0.25) is 5.15 Å². The van der Waals surface area contributed by atoms with Crippen LogP contribution in [-0.4, -0.2) is 17.5 Å². The zero-order valence-electron chi connectivity index (χ0n) is 13.2. The molecule has 122 valence electrons. The Kier molecular flexibility index (Phi) is 5.65. The summed E-state index contributed by atoms with van der Waals surface area (Å²) in [4.78, 5) is 15.9. The molecule has 4 nitrogen and oxygen atoms in total. The van der Waals surface area contributed by atoms with Crippen LogP contribution in [0.1, 0.15) is 26.3 Å². The minimum Gasteiger partial charge on any atom is -0.483 e. The van der Waals surface area contributed by atoms with Gasteiger partial charge in [0.1, 0.15) is 10.9 Å². The zero-order chi connectivity index (χ0) is 17.0. The summed E-state index contributed by atoms with van der Waals surface area (Å²) in [6, 6.07) is 9.07. The fraction of sp³-hybridized carbons (Fsp3) is 0.294. The van der Waals surface area contributed by atoms with Crippen molar-refractivity contribution >= 4 is 39.1 Å². The third-order valence-corrected chi connectivity index (χ3v) is 3.84. The second-order valence-corrected chi connectivity index (χ2v) is 7.40. The average Bonchev–Trinajstić information content (AvgIpc) is 2.47. The van der Waals surface area contributed by atoms with Crippen LogP contribution in [-0.2, 0) is 10.2 Å². The van der Waals surface area contributed by atoms with Gasteiger partial charge in [-0.3, -0.25) is 4.79 Å². The summed E-state index contributed by atoms with van der Waals surface area (Å²) in [6.45, 7) is 6.22. The first-order chi connectivity index (χ1) is 10.8. The van der Waals surface area contributed by atoms with Crippen LogP contribution < -0.4 is 10.1 Å². The molecule has 0 atom stereocenters. The highest BCUT2D eigenvalue weighted by Gasteiger charge is 2.20. The van der Waals surface area contributed by atoms with Gasteiger partial charge in [-0.25, -0.2) is 4.98 Å². The Bertz CT molecular complexity index is 697. The van der Waals surface area contributed by atoms with Gasteiger partial charge in [-0.05, 0) is 35.7 Å². The second kappa shape index (κ2) is 7.32. The van der Waals surface area contributed by atoms with Gasteiger partial charge in [0.15, 0.2) is 6.61 Å². The van der Waals surface area contributed by atoms with Crippen molar-refractivity contribution in [1.82, 2.24) is 4.98 Å². The van der Waals surface area contributed by atoms with Crippen molar-refractivity contribution in [2.75, 3.05) is 11.9 Å². The lowest BCUT2D eigenvalue weighted by Crippen LogP contribution is -2.22. The lowest BCUT2D eigenvalue weighted by molar-refractivity contribution is -0.118. The molecule has 1 amide bonds. The SMILES string of the molecule is CC(C)(C)c1cc(Br)ccc1OCC(=O)Nc1ccc(Cl)nc1. The van der Waals surface area contributed by atoms with E-state index >= 15 is 0 Å². The number of carbonyl (C=O) groups excluding carboxylic acids is 1. The first kappa shape index (κ1) is 17.8. The van der Waals surface area contributed by atoms with E-state index in [1.54, 1.807) is 12.1 Å². The molecule has 0 unspecified atom stereocenters. The van der Waals surface area contributed by atoms with Crippen LogP contribution in [0.4, 0.5) is 5.69 Å². The van der Waals surface area contributed by atoms with E-state index in [1.807, 2.05) is 18.2 Å². The molecule has 1 aromatic heterocycles. The lowest BCUT2D eigenvalue weighted by Gasteiger charge is -2.23. The van der Waals surface area contributed by atoms with Crippen molar-refractivity contribution in [3.8, 4) is 5.75 Å². The van der Waals surface area contributed by atoms with Crippen LogP contribution in [0.5, 0.6) is 5.75 Å². The molecule has 0 aliphatic heterocycles. The highest BCUT2D eigenvalue weighted by molar-refractivity contribution is 9.10. The summed E-state index contributed by atoms with van der Waals surface area (Å²) in [5, 5.41) is 3.09. The molecule has 1 heterocycles. The molecule has 1 N–H and O–H groups in total. The van der Waals surface area contributed by atoms with Crippen LogP contribution in [0.25, 0.3) is 0 Å². The first-order valence-corrected chi connectivity index (χ1v) is 8.27. The molecular formula is C17H18BrClN2O2. The predicted molar refractivity (Wildman–Crippen MR) is 96.2 cm³/mol. The van der Waals surface area contributed by atoms with Crippen molar-refractivity contribution in [2.24, 2.45) is 0 Å². The number of carbonyl (C=O) groups is 1. The lowest BCUT2D eigenvalue weighted by atomic mass is 9.86. The van der Waals surface area contributed by atoms with Gasteiger partial charge >= 0.3 is 0 Å². The number of nitrogens with one attached hydrogen (secondary N) is 1. The number of anilines is 1. The number of amides is 1. The summed E-state index contributed by atoms with van der Waals surface area (Å²) in [5.74, 6) is 0.446. The summed E-state index contributed by atoms with van der Waals surface area (Å²) in [5.41, 5.74) is 1.53. The molecule has 0 fully saturated rings. The van der Waals surface area contributed by atoms with Gasteiger partial charge < -0.3 is 10.1 Å². The number of nitrogens with zero attached hydrogens (tertiary/aromatic N) is 1. The number of benzene rings is 1. The molecule has 0 aliphatic rings. The Hall–Kier alpha value is -1.59. The smallest absolute Gasteiger partial charge is 0.262 e. The molecule has 2 rings (SSSR count). The summed E-state index contributed by atoms with van der Waals surface area (Å²) >= 11 is 9.18. The van der Waals surface area contributed by atoms with Crippen molar-refractivity contribution in [3.63, 3.8) is 0 Å². The van der Waals surface area contributed by atoms with Gasteiger partial charge in [0.25, 0.3) is 5.91 Å². The van der Waals surface area contributed by atoms with Crippen LogP contribution in [0.15, 0.2) is 41.0 Å². The molecule has 6 heteroatoms. The first-order valence-electron chi connectivity index (χ1n) is 7.10. The molecule has 23 heavy (non-hydrogen) atoms. The minimum atomic E-state index is -0.253. The topological polar surface area (TPSA) is 51.2 Å². The van der Waals surface area contributed by atoms with Gasteiger partial charge in [-0.1, -0.05) is 48.3 Å². The largest absolute Gasteiger partial charge is 0.483 e. The fourth-order valence-corrected chi connectivity index (χ4v) is 2.48. The van der Waals surface area contributed by atoms with Crippen molar-refractivity contribution in [2.45, 2.75) is 26.2 Å². The van der Waals surface area contributed by atoms with Gasteiger partial charge in [0.05, 0.1) is 11.9 Å². The Morgan fingerprint density at radius 2 is 2.04 bits per heavy atom. The van der Waals surface area contributed by atoms with Crippen LogP contribution in [0, 0.1) is 0 Å². The second-order valence-electron chi connectivity index (χ2n) is 6.10. The number of rotatable bonds is 4. The van der Waals surface area contributed by atoms with E-state index < -0.39 is 0 Å². The van der Waals surface area contributed by atoms with E-state index in [0.717, 1.165) is 10.0 Å². The van der Waals surface area contributed by atoms with E-state index in [-0.39, 0.29) is 17.9 Å². The van der Waals surface area contributed by atoms with Crippen LogP contribution >= 0.6 is 27.5 Å². The number of ether oxygens (including phenoxy) is 1. The van der Waals surface area contributed by atoms with E-state index in [0.29, 0.717) is 16.6 Å². The Labute approximate surface area is 149 Å². The number of hydrogen-bond donors (Lipinski definition) is 1. The summed E-state index contributed by atoms with van der Waals surface area (Å²) in [6.07, 6.45) is 1.50. The number of halogens is 2. The monoisotopic (exact) mass is 396 g/mol. The Morgan fingerprint density at radius 1 is 1.30 bits per heavy atom. The molecule has 0 radical (unpaired) electrons. The maximum absolute atomic E-state index is 12.0. The minimum absolute atomic E-state index is 0.0761. The number of hydrogen-bond acceptors (Lipinski definition) is 3. The fourth-order valence-electron chi connectivity index (χ4n) is 2.00. The standard InChI is InChI=1S/C17H18BrClN2O2/c1-17(2,3)13-8-11(18)4-6-14(13)23-10-16(22)21-12-5-7-15(19)20-9-12/h4-9H,10H2,1-3H3,(H,21,22). The van der Waals surface area contributed by atoms with E-state index in [4.69, 9.17) is 16.3 Å². The van der Waals surface area contributed by atoms with E-state index in [9.17, 15) is 4.79 Å². The molecule has 0 saturated carbocycles. The van der Waals surface area contributed by atoms with Crippen LogP contribution in [0.3, 0.4) is 0 Å². The molecule has 0 spiro atoms. The normalized spacial score (nSPS) is 11.2. The number of aromatic nitrogens is 1. The van der Waals surface area contributed by atoms with Crippen molar-refractivity contribution < 1.29 is 9.53 Å². The zero-order valence-corrected chi connectivity index (χ0v) is 15.5. The van der Waals surface area contributed by atoms with Crippen molar-refractivity contribution in [1.29, 1.82) is 0 Å². The highest BCUT2D eigenvalue weighted by Crippen LogP contribution is 2.33. The third kappa shape index (κ3) is 5.22. The van der Waals surface area contributed by atoms with Gasteiger partial charge in [0, 0.05) is 10.0 Å². The maximum Gasteiger partial charge on any atom is 0.262 e. The van der Waals surface area contributed by atoms with Gasteiger partial charge in [-0.2, -0.15) is 0 Å². The van der Waals surface area contributed by atoms with Crippen molar-refractivity contribution in [3.05, 3.63) is 51.7 Å². The van der Waals surface area contributed by atoms with E-state index in [1.165, 1.54) is 6.20 Å². The Balaban J connectivity index is 2.03. The third-order valence-electron chi connectivity index (χ3n) is 3.12. The molecule has 2 aromatic rings. The quantitative estimate of drug-likeness (QED) is 0.753. The highest BCUT2D eigenvalue weighted by atomic mass is 79.9. The molecule has 1 aromatic carbocycles. The maximum atomic E-state index is 12.0. The van der Waals surface area contributed by atoms with Gasteiger partial charge in [0.2, 0.25) is 0 Å². The molecular weight excluding hydrogens is 380 g/mol. The molecule has 0 bridgehead atoms. The molecule has 0 saturated heterocycles. The summed E-state index contributed by atoms with van der Waals surface area (Å²) in [7, 11) is 0. The summed E-state index contributed by atoms with van der Waals surface area (Å²) < 4.78 is 6.68. The predicted octanol–water partition coefficient (Wildman–Crippen LogP) is 4.81. The number of pyridine rings is 1. The molecule has 0 aliphatic carbocycles. The van der Waals surface area contributed by atoms with E-state index in [2.05, 4.69) is 47.0 Å². The average molecular weight is 398 g/mol. The Morgan fingerprint density at radius 3 is 2.65 bits per heavy atom. The van der Waals surface area contributed by atoms with Gasteiger partial charge in [-0.15, -0.1) is 0 Å².